The molecule has 6 rings (SSSR count). The molecule has 48 heavy (non-hydrogen) atoms. The van der Waals surface area contributed by atoms with Gasteiger partial charge in [-0.2, -0.15) is 0 Å². The molecule has 0 heterocycles. The van der Waals surface area contributed by atoms with Crippen LogP contribution >= 0.6 is 21.6 Å². The number of rotatable bonds is 11. The lowest BCUT2D eigenvalue weighted by molar-refractivity contribution is 0.894. The Morgan fingerprint density at radius 1 is 0.333 bits per heavy atom. The van der Waals surface area contributed by atoms with Gasteiger partial charge in [-0.25, -0.2) is 0 Å². The fourth-order valence-corrected chi connectivity index (χ4v) is 9.50. The first-order chi connectivity index (χ1) is 23.3. The molecule has 0 saturated carbocycles. The summed E-state index contributed by atoms with van der Waals surface area (Å²) in [6.45, 7) is 13.3. The smallest absolute Gasteiger partial charge is 0.0399 e. The SMILES string of the molecule is CC[C@@H](SS[C@H](CC)c1cc(-c2ccc(C)cc2)cc(-c2ccc(C)cc2)c1)c1cc(-c2ccc(C)cc2)cc(-c2ccc(C)cc2)c1. The molecule has 0 fully saturated rings. The van der Waals surface area contributed by atoms with Gasteiger partial charge in [-0.05, 0) is 133 Å². The van der Waals surface area contributed by atoms with Crippen LogP contribution in [0.5, 0.6) is 0 Å². The molecule has 0 spiro atoms. The number of aryl methyl sites for hydroxylation is 4. The van der Waals surface area contributed by atoms with Crippen molar-refractivity contribution >= 4 is 21.6 Å². The molecule has 0 radical (unpaired) electrons. The molecule has 6 aromatic rings. The highest BCUT2D eigenvalue weighted by atomic mass is 33.1. The van der Waals surface area contributed by atoms with Crippen LogP contribution in [0.1, 0.15) is 70.6 Å². The first kappa shape index (κ1) is 33.9. The average molecular weight is 663 g/mol. The van der Waals surface area contributed by atoms with Crippen molar-refractivity contribution in [3.8, 4) is 44.5 Å². The number of hydrogen-bond donors (Lipinski definition) is 0. The molecule has 0 nitrogen and oxygen atoms in total. The molecule has 0 N–H and O–H groups in total. The lowest BCUT2D eigenvalue weighted by Gasteiger charge is -2.22. The second-order valence-corrected chi connectivity index (χ2v) is 15.8. The van der Waals surface area contributed by atoms with E-state index in [1.165, 1.54) is 77.9 Å². The van der Waals surface area contributed by atoms with E-state index in [9.17, 15) is 0 Å². The van der Waals surface area contributed by atoms with Crippen molar-refractivity contribution in [2.45, 2.75) is 64.9 Å². The molecule has 0 aliphatic carbocycles. The van der Waals surface area contributed by atoms with Crippen LogP contribution in [0.4, 0.5) is 0 Å². The maximum Gasteiger partial charge on any atom is 0.0399 e. The Labute approximate surface area is 296 Å². The summed E-state index contributed by atoms with van der Waals surface area (Å²) in [6, 6.07) is 50.3. The van der Waals surface area contributed by atoms with Gasteiger partial charge in [-0.15, -0.1) is 0 Å². The topological polar surface area (TPSA) is 0 Å². The predicted octanol–water partition coefficient (Wildman–Crippen LogP) is 14.6. The van der Waals surface area contributed by atoms with Crippen LogP contribution in [0, 0.1) is 27.7 Å². The van der Waals surface area contributed by atoms with Crippen molar-refractivity contribution in [1.29, 1.82) is 0 Å². The molecule has 0 aliphatic heterocycles. The molecule has 2 heteroatoms. The Kier molecular flexibility index (Phi) is 10.9. The highest BCUT2D eigenvalue weighted by molar-refractivity contribution is 8.76. The predicted molar refractivity (Wildman–Crippen MR) is 215 cm³/mol. The normalized spacial score (nSPS) is 12.5. The van der Waals surface area contributed by atoms with E-state index in [4.69, 9.17) is 0 Å². The van der Waals surface area contributed by atoms with Crippen LogP contribution in [0.3, 0.4) is 0 Å². The first-order valence-electron chi connectivity index (χ1n) is 17.2. The van der Waals surface area contributed by atoms with E-state index < -0.39 is 0 Å². The van der Waals surface area contributed by atoms with Crippen molar-refractivity contribution in [1.82, 2.24) is 0 Å². The molecule has 242 valence electrons. The molecule has 0 saturated heterocycles. The highest BCUT2D eigenvalue weighted by Gasteiger charge is 2.20. The standard InChI is InChI=1S/C46H46S2/c1-7-45(43-27-39(35-17-9-31(3)10-18-35)25-40(28-43)36-19-11-32(4)12-20-36)47-48-46(8-2)44-29-41(37-21-13-33(5)14-22-37)26-42(30-44)38-23-15-34(6)16-24-38/h9-30,45-46H,7-8H2,1-6H3/t45-,46-/m1/s1. The molecule has 0 aliphatic rings. The van der Waals surface area contributed by atoms with Gasteiger partial charge in [0.1, 0.15) is 0 Å². The van der Waals surface area contributed by atoms with Crippen molar-refractivity contribution in [2.75, 3.05) is 0 Å². The summed E-state index contributed by atoms with van der Waals surface area (Å²) in [5, 5.41) is 0.742. The molecule has 0 bridgehead atoms. The van der Waals surface area contributed by atoms with Gasteiger partial charge in [0.25, 0.3) is 0 Å². The van der Waals surface area contributed by atoms with E-state index in [1.54, 1.807) is 0 Å². The minimum Gasteiger partial charge on any atom is -0.0853 e. The zero-order valence-electron chi connectivity index (χ0n) is 29.1. The number of hydrogen-bond acceptors (Lipinski definition) is 2. The lowest BCUT2D eigenvalue weighted by atomic mass is 9.94. The summed E-state index contributed by atoms with van der Waals surface area (Å²) < 4.78 is 0. The summed E-state index contributed by atoms with van der Waals surface area (Å²) in [4.78, 5) is 0. The fraction of sp³-hybridized carbons (Fsp3) is 0.217. The summed E-state index contributed by atoms with van der Waals surface area (Å²) in [5.41, 5.74) is 18.2. The van der Waals surface area contributed by atoms with Crippen LogP contribution in [-0.4, -0.2) is 0 Å². The zero-order chi connectivity index (χ0) is 33.6. The summed E-state index contributed by atoms with van der Waals surface area (Å²) >= 11 is 0. The fourth-order valence-electron chi connectivity index (χ4n) is 6.18. The van der Waals surface area contributed by atoms with Gasteiger partial charge in [0.15, 0.2) is 0 Å². The molecule has 0 amide bonds. The van der Waals surface area contributed by atoms with E-state index in [0.29, 0.717) is 10.5 Å². The molecule has 2 atom stereocenters. The van der Waals surface area contributed by atoms with Crippen LogP contribution in [0.15, 0.2) is 133 Å². The Bertz CT molecular complexity index is 1680. The minimum atomic E-state index is 0.371. The second-order valence-electron chi connectivity index (χ2n) is 13.1. The zero-order valence-corrected chi connectivity index (χ0v) is 30.7. The van der Waals surface area contributed by atoms with Crippen LogP contribution in [0.2, 0.25) is 0 Å². The summed E-state index contributed by atoms with van der Waals surface area (Å²) in [5.74, 6) is 0. The van der Waals surface area contributed by atoms with E-state index in [2.05, 4.69) is 175 Å². The molecular weight excluding hydrogens is 617 g/mol. The van der Waals surface area contributed by atoms with Crippen molar-refractivity contribution < 1.29 is 0 Å². The van der Waals surface area contributed by atoms with E-state index in [0.717, 1.165) is 12.8 Å². The van der Waals surface area contributed by atoms with Crippen LogP contribution in [0.25, 0.3) is 44.5 Å². The first-order valence-corrected chi connectivity index (χ1v) is 19.5. The Morgan fingerprint density at radius 2 is 0.562 bits per heavy atom. The second kappa shape index (κ2) is 15.5. The molecule has 6 aromatic carbocycles. The van der Waals surface area contributed by atoms with E-state index in [-0.39, 0.29) is 0 Å². The number of benzene rings is 6. The van der Waals surface area contributed by atoms with Gasteiger partial charge in [0.05, 0.1) is 0 Å². The maximum atomic E-state index is 2.43. The monoisotopic (exact) mass is 662 g/mol. The molecular formula is C46H46S2. The average Bonchev–Trinajstić information content (AvgIpc) is 3.11. The van der Waals surface area contributed by atoms with Gasteiger partial charge in [0, 0.05) is 10.5 Å². The van der Waals surface area contributed by atoms with Crippen molar-refractivity contribution in [3.63, 3.8) is 0 Å². The summed E-state index contributed by atoms with van der Waals surface area (Å²) in [7, 11) is 4.08. The van der Waals surface area contributed by atoms with Gasteiger partial charge >= 0.3 is 0 Å². The van der Waals surface area contributed by atoms with Crippen molar-refractivity contribution in [3.05, 3.63) is 167 Å². The van der Waals surface area contributed by atoms with Gasteiger partial charge in [-0.1, -0.05) is 155 Å². The van der Waals surface area contributed by atoms with Crippen LogP contribution < -0.4 is 0 Å². The van der Waals surface area contributed by atoms with Gasteiger partial charge < -0.3 is 0 Å². The third kappa shape index (κ3) is 8.17. The van der Waals surface area contributed by atoms with E-state index in [1.807, 2.05) is 21.6 Å². The maximum absolute atomic E-state index is 2.43. The largest absolute Gasteiger partial charge is 0.0853 e. The molecule has 0 aromatic heterocycles. The van der Waals surface area contributed by atoms with Gasteiger partial charge in [-0.3, -0.25) is 0 Å². The third-order valence-corrected chi connectivity index (χ3v) is 12.7. The molecule has 0 unspecified atom stereocenters. The van der Waals surface area contributed by atoms with Gasteiger partial charge in [0.2, 0.25) is 0 Å². The van der Waals surface area contributed by atoms with E-state index >= 15 is 0 Å². The minimum absolute atomic E-state index is 0.371. The Morgan fingerprint density at radius 3 is 0.771 bits per heavy atom. The third-order valence-electron chi connectivity index (χ3n) is 9.22. The lowest BCUT2D eigenvalue weighted by Crippen LogP contribution is -1.97. The van der Waals surface area contributed by atoms with Crippen LogP contribution in [-0.2, 0) is 0 Å². The Hall–Kier alpha value is -3.98. The Balaban J connectivity index is 1.34. The summed E-state index contributed by atoms with van der Waals surface area (Å²) in [6.07, 6.45) is 2.13. The van der Waals surface area contributed by atoms with Crippen molar-refractivity contribution in [2.24, 2.45) is 0 Å². The highest BCUT2D eigenvalue weighted by Crippen LogP contribution is 2.50. The quantitative estimate of drug-likeness (QED) is 0.127.